The van der Waals surface area contributed by atoms with Gasteiger partial charge < -0.3 is 20.1 Å². The van der Waals surface area contributed by atoms with Gasteiger partial charge in [0, 0.05) is 7.05 Å². The van der Waals surface area contributed by atoms with Crippen molar-refractivity contribution in [3.63, 3.8) is 0 Å². The summed E-state index contributed by atoms with van der Waals surface area (Å²) in [5, 5.41) is 11.5. The van der Waals surface area contributed by atoms with E-state index in [0.717, 1.165) is 10.5 Å². The number of hydrogen-bond donors (Lipinski definition) is 2. The second-order valence-corrected chi connectivity index (χ2v) is 6.12. The molecule has 0 radical (unpaired) electrons. The van der Waals surface area contributed by atoms with Crippen LogP contribution in [0.3, 0.4) is 0 Å². The Hall–Kier alpha value is -2.22. The van der Waals surface area contributed by atoms with E-state index in [1.807, 2.05) is 36.6 Å². The molecule has 2 amide bonds. The first-order chi connectivity index (χ1) is 11.4. The summed E-state index contributed by atoms with van der Waals surface area (Å²) < 4.78 is 5.10. The average Bonchev–Trinajstić information content (AvgIpc) is 2.56. The van der Waals surface area contributed by atoms with Crippen LogP contribution < -0.4 is 5.32 Å². The highest BCUT2D eigenvalue weighted by molar-refractivity contribution is 7.98. The minimum atomic E-state index is -1.09. The van der Waals surface area contributed by atoms with Crippen LogP contribution in [0.1, 0.15) is 12.0 Å². The minimum absolute atomic E-state index is 0.108. The molecule has 1 aromatic rings. The molecule has 0 bridgehead atoms. The normalized spacial score (nSPS) is 11.4. The lowest BCUT2D eigenvalue weighted by atomic mass is 10.2. The molecule has 132 valence electrons. The van der Waals surface area contributed by atoms with Gasteiger partial charge in [-0.15, -0.1) is 0 Å². The van der Waals surface area contributed by atoms with Crippen LogP contribution in [0.4, 0.5) is 4.79 Å². The highest BCUT2D eigenvalue weighted by Crippen LogP contribution is 2.03. The zero-order valence-electron chi connectivity index (χ0n) is 13.7. The lowest BCUT2D eigenvalue weighted by Gasteiger charge is -2.19. The number of nitrogens with zero attached hydrogens (tertiary/aromatic N) is 1. The number of aliphatic carboxylic acids is 1. The van der Waals surface area contributed by atoms with Crippen molar-refractivity contribution in [2.45, 2.75) is 19.1 Å². The highest BCUT2D eigenvalue weighted by atomic mass is 32.2. The van der Waals surface area contributed by atoms with E-state index in [0.29, 0.717) is 12.2 Å². The van der Waals surface area contributed by atoms with Crippen LogP contribution in [0.15, 0.2) is 30.3 Å². The summed E-state index contributed by atoms with van der Waals surface area (Å²) in [6.07, 6.45) is 1.53. The summed E-state index contributed by atoms with van der Waals surface area (Å²) in [6, 6.07) is 8.21. The number of thioether (sulfide) groups is 1. The van der Waals surface area contributed by atoms with Crippen molar-refractivity contribution in [1.29, 1.82) is 0 Å². The van der Waals surface area contributed by atoms with Crippen molar-refractivity contribution < 1.29 is 24.2 Å². The Morgan fingerprint density at radius 1 is 1.29 bits per heavy atom. The fourth-order valence-electron chi connectivity index (χ4n) is 1.84. The van der Waals surface area contributed by atoms with Crippen LogP contribution in [0.5, 0.6) is 0 Å². The number of carbonyl (C=O) groups excluding carboxylic acids is 2. The maximum atomic E-state index is 11.9. The van der Waals surface area contributed by atoms with E-state index in [-0.39, 0.29) is 13.2 Å². The summed E-state index contributed by atoms with van der Waals surface area (Å²) in [6.45, 7) is -0.159. The Morgan fingerprint density at radius 3 is 2.54 bits per heavy atom. The fourth-order valence-corrected chi connectivity index (χ4v) is 2.31. The van der Waals surface area contributed by atoms with Gasteiger partial charge in [-0.3, -0.25) is 4.79 Å². The lowest BCUT2D eigenvalue weighted by Crippen LogP contribution is -2.46. The largest absolute Gasteiger partial charge is 0.480 e. The van der Waals surface area contributed by atoms with Gasteiger partial charge in [-0.1, -0.05) is 30.3 Å². The van der Waals surface area contributed by atoms with Crippen LogP contribution in [0, 0.1) is 0 Å². The van der Waals surface area contributed by atoms with Crippen molar-refractivity contribution in [3.8, 4) is 0 Å². The van der Waals surface area contributed by atoms with Gasteiger partial charge in [-0.25, -0.2) is 9.59 Å². The van der Waals surface area contributed by atoms with Crippen molar-refractivity contribution in [1.82, 2.24) is 10.2 Å². The van der Waals surface area contributed by atoms with E-state index in [9.17, 15) is 14.4 Å². The molecule has 0 aliphatic rings. The second-order valence-electron chi connectivity index (χ2n) is 5.14. The number of carbonyl (C=O) groups is 3. The Labute approximate surface area is 145 Å². The van der Waals surface area contributed by atoms with Crippen LogP contribution in [-0.4, -0.2) is 59.6 Å². The van der Waals surface area contributed by atoms with Gasteiger partial charge >= 0.3 is 12.1 Å². The predicted octanol–water partition coefficient (Wildman–Crippen LogP) is 1.58. The first-order valence-corrected chi connectivity index (χ1v) is 8.76. The first-order valence-electron chi connectivity index (χ1n) is 7.37. The Kier molecular flexibility index (Phi) is 8.70. The molecule has 1 rings (SSSR count). The molecule has 0 heterocycles. The van der Waals surface area contributed by atoms with Gasteiger partial charge in [0.2, 0.25) is 5.91 Å². The Morgan fingerprint density at radius 2 is 1.96 bits per heavy atom. The number of ether oxygens (including phenoxy) is 1. The van der Waals surface area contributed by atoms with E-state index < -0.39 is 24.0 Å². The van der Waals surface area contributed by atoms with Gasteiger partial charge in [0.1, 0.15) is 19.2 Å². The number of carboxylic acid groups (broad SMARTS) is 1. The van der Waals surface area contributed by atoms with Gasteiger partial charge in [0.25, 0.3) is 0 Å². The molecular weight excluding hydrogens is 332 g/mol. The van der Waals surface area contributed by atoms with Gasteiger partial charge in [-0.05, 0) is 24.0 Å². The molecule has 0 saturated heterocycles. The molecule has 0 aliphatic carbocycles. The molecule has 1 aromatic carbocycles. The molecule has 24 heavy (non-hydrogen) atoms. The lowest BCUT2D eigenvalue weighted by molar-refractivity contribution is -0.141. The zero-order chi connectivity index (χ0) is 17.9. The molecule has 1 atom stereocenters. The van der Waals surface area contributed by atoms with Crippen molar-refractivity contribution in [3.05, 3.63) is 35.9 Å². The number of carboxylic acids is 1. The van der Waals surface area contributed by atoms with Gasteiger partial charge in [-0.2, -0.15) is 11.8 Å². The Balaban J connectivity index is 2.41. The standard InChI is InChI=1S/C16H22N2O5S/c1-18(16(22)23-11-12-6-4-3-5-7-12)10-14(19)17-13(15(20)21)8-9-24-2/h3-7,13H,8-11H2,1-2H3,(H,17,19)(H,20,21)/t13-/m0/s1. The third-order valence-corrected chi connectivity index (χ3v) is 3.79. The highest BCUT2D eigenvalue weighted by Gasteiger charge is 2.21. The summed E-state index contributed by atoms with van der Waals surface area (Å²) in [5.74, 6) is -1.01. The molecule has 0 aromatic heterocycles. The summed E-state index contributed by atoms with van der Waals surface area (Å²) >= 11 is 1.50. The smallest absolute Gasteiger partial charge is 0.410 e. The maximum absolute atomic E-state index is 11.9. The maximum Gasteiger partial charge on any atom is 0.410 e. The molecule has 0 fully saturated rings. The van der Waals surface area contributed by atoms with E-state index in [2.05, 4.69) is 5.32 Å². The van der Waals surface area contributed by atoms with E-state index in [4.69, 9.17) is 9.84 Å². The SMILES string of the molecule is CSCC[C@H](NC(=O)CN(C)C(=O)OCc1ccccc1)C(=O)O. The van der Waals surface area contributed by atoms with E-state index >= 15 is 0 Å². The van der Waals surface area contributed by atoms with Crippen LogP contribution >= 0.6 is 11.8 Å². The molecule has 0 spiro atoms. The third-order valence-electron chi connectivity index (χ3n) is 3.14. The fraction of sp³-hybridized carbons (Fsp3) is 0.438. The quantitative estimate of drug-likeness (QED) is 0.699. The second kappa shape index (κ2) is 10.5. The molecule has 0 aliphatic heterocycles. The summed E-state index contributed by atoms with van der Waals surface area (Å²) in [5.41, 5.74) is 0.840. The van der Waals surface area contributed by atoms with Crippen LogP contribution in [0.25, 0.3) is 0 Å². The number of rotatable bonds is 9. The molecule has 2 N–H and O–H groups in total. The molecule has 0 saturated carbocycles. The third kappa shape index (κ3) is 7.36. The van der Waals surface area contributed by atoms with E-state index in [1.54, 1.807) is 0 Å². The molecule has 0 unspecified atom stereocenters. The summed E-state index contributed by atoms with van der Waals surface area (Å²) in [4.78, 5) is 35.9. The first kappa shape index (κ1) is 19.8. The zero-order valence-corrected chi connectivity index (χ0v) is 14.5. The summed E-state index contributed by atoms with van der Waals surface area (Å²) in [7, 11) is 1.42. The van der Waals surface area contributed by atoms with Crippen molar-refractivity contribution in [2.24, 2.45) is 0 Å². The number of benzene rings is 1. The van der Waals surface area contributed by atoms with Crippen LogP contribution in [0.2, 0.25) is 0 Å². The number of amides is 2. The topological polar surface area (TPSA) is 95.9 Å². The molecule has 7 nitrogen and oxygen atoms in total. The van der Waals surface area contributed by atoms with Crippen molar-refractivity contribution >= 4 is 29.7 Å². The monoisotopic (exact) mass is 354 g/mol. The van der Waals surface area contributed by atoms with Crippen molar-refractivity contribution in [2.75, 3.05) is 25.6 Å². The number of hydrogen-bond acceptors (Lipinski definition) is 5. The van der Waals surface area contributed by atoms with Gasteiger partial charge in [0.15, 0.2) is 0 Å². The molecular formula is C16H22N2O5S. The molecule has 8 heteroatoms. The van der Waals surface area contributed by atoms with Gasteiger partial charge in [0.05, 0.1) is 0 Å². The van der Waals surface area contributed by atoms with E-state index in [1.165, 1.54) is 18.8 Å². The number of likely N-dealkylation sites (N-methyl/N-ethyl adjacent to an activating group) is 1. The Bertz CT molecular complexity index is 553. The van der Waals surface area contributed by atoms with Crippen LogP contribution in [-0.2, 0) is 20.9 Å². The number of nitrogens with one attached hydrogen (secondary N) is 1. The average molecular weight is 354 g/mol. The minimum Gasteiger partial charge on any atom is -0.480 e. The predicted molar refractivity (Wildman–Crippen MR) is 91.8 cm³/mol.